The van der Waals surface area contributed by atoms with Gasteiger partial charge in [0.15, 0.2) is 11.6 Å². The van der Waals surface area contributed by atoms with E-state index in [4.69, 9.17) is 4.74 Å². The number of aromatic nitrogens is 5. The predicted molar refractivity (Wildman–Crippen MR) is 84.5 cm³/mol. The van der Waals surface area contributed by atoms with Gasteiger partial charge in [0.2, 0.25) is 6.10 Å². The molecule has 0 aliphatic carbocycles. The van der Waals surface area contributed by atoms with E-state index in [1.807, 2.05) is 31.2 Å². The van der Waals surface area contributed by atoms with E-state index in [0.717, 1.165) is 11.1 Å². The van der Waals surface area contributed by atoms with Gasteiger partial charge in [-0.1, -0.05) is 29.8 Å². The fraction of sp³-hybridized carbons (Fsp3) is 0.188. The smallest absolute Gasteiger partial charge is 0.340 e. The van der Waals surface area contributed by atoms with E-state index in [0.29, 0.717) is 11.5 Å². The van der Waals surface area contributed by atoms with Crippen LogP contribution in [0.2, 0.25) is 0 Å². The van der Waals surface area contributed by atoms with Crippen LogP contribution in [0.25, 0.3) is 17.1 Å². The summed E-state index contributed by atoms with van der Waals surface area (Å²) in [6.45, 7) is 1.98. The number of benzene rings is 1. The van der Waals surface area contributed by atoms with Crippen LogP contribution in [-0.2, 0) is 9.53 Å². The predicted octanol–water partition coefficient (Wildman–Crippen LogP) is 1.80. The number of carboxylic acid groups (broad SMARTS) is 1. The summed E-state index contributed by atoms with van der Waals surface area (Å²) in [4.78, 5) is 15.8. The maximum Gasteiger partial charge on any atom is 0.340 e. The highest BCUT2D eigenvalue weighted by molar-refractivity contribution is 5.73. The molecular formula is C16H15N5O3. The molecule has 0 saturated carbocycles. The summed E-state index contributed by atoms with van der Waals surface area (Å²) >= 11 is 0. The first-order valence-electron chi connectivity index (χ1n) is 7.17. The minimum Gasteiger partial charge on any atom is -0.479 e. The second-order valence-electron chi connectivity index (χ2n) is 5.13. The van der Waals surface area contributed by atoms with Gasteiger partial charge in [-0.25, -0.2) is 14.5 Å². The van der Waals surface area contributed by atoms with Crippen molar-refractivity contribution in [2.24, 2.45) is 0 Å². The lowest BCUT2D eigenvalue weighted by Gasteiger charge is -2.10. The summed E-state index contributed by atoms with van der Waals surface area (Å²) in [5.74, 6) is -0.581. The van der Waals surface area contributed by atoms with Crippen LogP contribution in [0.1, 0.15) is 17.5 Å². The molecule has 0 amide bonds. The Morgan fingerprint density at radius 3 is 2.54 bits per heavy atom. The lowest BCUT2D eigenvalue weighted by atomic mass is 10.1. The van der Waals surface area contributed by atoms with E-state index in [9.17, 15) is 9.90 Å². The molecule has 0 saturated heterocycles. The fourth-order valence-corrected chi connectivity index (χ4v) is 2.23. The molecule has 2 heterocycles. The molecule has 0 bridgehead atoms. The zero-order valence-corrected chi connectivity index (χ0v) is 13.1. The molecule has 3 rings (SSSR count). The number of hydrogen-bond acceptors (Lipinski definition) is 6. The van der Waals surface area contributed by atoms with Gasteiger partial charge in [0, 0.05) is 12.7 Å². The Hall–Kier alpha value is -3.13. The van der Waals surface area contributed by atoms with Crippen molar-refractivity contribution in [2.75, 3.05) is 7.11 Å². The molecule has 0 radical (unpaired) electrons. The van der Waals surface area contributed by atoms with Crippen molar-refractivity contribution in [3.63, 3.8) is 0 Å². The number of carboxylic acids is 1. The third-order valence-corrected chi connectivity index (χ3v) is 3.45. The number of nitrogens with zero attached hydrogens (tertiary/aromatic N) is 5. The highest BCUT2D eigenvalue weighted by atomic mass is 16.5. The number of hydrogen-bond donors (Lipinski definition) is 1. The van der Waals surface area contributed by atoms with Gasteiger partial charge in [-0.3, -0.25) is 0 Å². The molecule has 0 aliphatic rings. The average Bonchev–Trinajstić information content (AvgIpc) is 3.01. The van der Waals surface area contributed by atoms with Crippen molar-refractivity contribution in [1.29, 1.82) is 0 Å². The number of methoxy groups -OCH3 is 1. The summed E-state index contributed by atoms with van der Waals surface area (Å²) in [7, 11) is 1.31. The first kappa shape index (κ1) is 15.8. The first-order chi connectivity index (χ1) is 11.6. The van der Waals surface area contributed by atoms with Crippen LogP contribution in [0.15, 0.2) is 42.7 Å². The van der Waals surface area contributed by atoms with Crippen molar-refractivity contribution in [2.45, 2.75) is 13.0 Å². The van der Waals surface area contributed by atoms with Gasteiger partial charge in [-0.05, 0) is 13.0 Å². The van der Waals surface area contributed by atoms with Crippen LogP contribution in [0.3, 0.4) is 0 Å². The largest absolute Gasteiger partial charge is 0.479 e. The Balaban J connectivity index is 2.15. The van der Waals surface area contributed by atoms with E-state index in [2.05, 4.69) is 20.3 Å². The van der Waals surface area contributed by atoms with Crippen LogP contribution in [0.4, 0.5) is 0 Å². The Morgan fingerprint density at radius 2 is 1.96 bits per heavy atom. The van der Waals surface area contributed by atoms with Gasteiger partial charge in [-0.2, -0.15) is 10.2 Å². The quantitative estimate of drug-likeness (QED) is 0.763. The average molecular weight is 325 g/mol. The molecule has 0 aliphatic heterocycles. The van der Waals surface area contributed by atoms with E-state index >= 15 is 0 Å². The summed E-state index contributed by atoms with van der Waals surface area (Å²) < 4.78 is 6.48. The van der Waals surface area contributed by atoms with Gasteiger partial charge in [0.05, 0.1) is 18.1 Å². The molecule has 3 aromatic rings. The monoisotopic (exact) mass is 325 g/mol. The molecule has 2 aromatic heterocycles. The third kappa shape index (κ3) is 2.99. The van der Waals surface area contributed by atoms with Gasteiger partial charge in [0.1, 0.15) is 0 Å². The molecule has 24 heavy (non-hydrogen) atoms. The number of aliphatic carboxylic acids is 1. The third-order valence-electron chi connectivity index (χ3n) is 3.45. The van der Waals surface area contributed by atoms with E-state index in [1.54, 1.807) is 6.07 Å². The molecule has 1 aromatic carbocycles. The van der Waals surface area contributed by atoms with Crippen molar-refractivity contribution in [3.8, 4) is 17.1 Å². The maximum atomic E-state index is 11.5. The minimum atomic E-state index is -1.25. The van der Waals surface area contributed by atoms with Crippen molar-refractivity contribution in [1.82, 2.24) is 25.0 Å². The Kier molecular flexibility index (Phi) is 4.30. The fourth-order valence-electron chi connectivity index (χ4n) is 2.23. The number of rotatable bonds is 5. The molecular weight excluding hydrogens is 310 g/mol. The number of ether oxygens (including phenoxy) is 1. The van der Waals surface area contributed by atoms with E-state index in [1.165, 1.54) is 24.2 Å². The van der Waals surface area contributed by atoms with E-state index < -0.39 is 12.1 Å². The molecule has 1 unspecified atom stereocenters. The lowest BCUT2D eigenvalue weighted by Crippen LogP contribution is -2.18. The SMILES string of the molecule is COC(C(=O)O)c1nc(-c2ccc(C)cc2)nn1-c1ccnnc1. The van der Waals surface area contributed by atoms with Crippen molar-refractivity contribution in [3.05, 3.63) is 54.1 Å². The summed E-state index contributed by atoms with van der Waals surface area (Å²) in [6, 6.07) is 9.31. The van der Waals surface area contributed by atoms with Crippen molar-refractivity contribution < 1.29 is 14.6 Å². The maximum absolute atomic E-state index is 11.5. The Morgan fingerprint density at radius 1 is 1.21 bits per heavy atom. The Bertz CT molecular complexity index is 846. The minimum absolute atomic E-state index is 0.161. The van der Waals surface area contributed by atoms with Gasteiger partial charge in [-0.15, -0.1) is 5.10 Å². The molecule has 0 spiro atoms. The van der Waals surface area contributed by atoms with Crippen molar-refractivity contribution >= 4 is 5.97 Å². The number of carbonyl (C=O) groups is 1. The highest BCUT2D eigenvalue weighted by Crippen LogP contribution is 2.23. The van der Waals surface area contributed by atoms with Crippen LogP contribution >= 0.6 is 0 Å². The molecule has 0 fully saturated rings. The van der Waals surface area contributed by atoms with Crippen LogP contribution in [0, 0.1) is 6.92 Å². The van der Waals surface area contributed by atoms with Gasteiger partial charge >= 0.3 is 5.97 Å². The molecule has 1 atom stereocenters. The summed E-state index contributed by atoms with van der Waals surface area (Å²) in [5.41, 5.74) is 2.44. The molecule has 122 valence electrons. The molecule has 1 N–H and O–H groups in total. The van der Waals surface area contributed by atoms with E-state index in [-0.39, 0.29) is 5.82 Å². The second-order valence-corrected chi connectivity index (χ2v) is 5.13. The highest BCUT2D eigenvalue weighted by Gasteiger charge is 2.27. The topological polar surface area (TPSA) is 103 Å². The zero-order valence-electron chi connectivity index (χ0n) is 13.1. The first-order valence-corrected chi connectivity index (χ1v) is 7.17. The van der Waals surface area contributed by atoms with Crippen LogP contribution < -0.4 is 0 Å². The standard InChI is InChI=1S/C16H15N5O3/c1-10-3-5-11(6-4-10)14-19-15(13(24-2)16(22)23)21(20-14)12-7-8-17-18-9-12/h3-9,13H,1-2H3,(H,22,23). The zero-order chi connectivity index (χ0) is 17.1. The van der Waals surface area contributed by atoms with Gasteiger partial charge in [0.25, 0.3) is 0 Å². The summed E-state index contributed by atoms with van der Waals surface area (Å²) in [5, 5.41) is 21.3. The number of aryl methyl sites for hydroxylation is 1. The van der Waals surface area contributed by atoms with Gasteiger partial charge < -0.3 is 9.84 Å². The molecule has 8 nitrogen and oxygen atoms in total. The van der Waals surface area contributed by atoms with Crippen LogP contribution in [0.5, 0.6) is 0 Å². The summed E-state index contributed by atoms with van der Waals surface area (Å²) in [6.07, 6.45) is 1.73. The Labute approximate surface area is 137 Å². The molecule has 8 heteroatoms. The van der Waals surface area contributed by atoms with Crippen LogP contribution in [-0.4, -0.2) is 43.1 Å². The lowest BCUT2D eigenvalue weighted by molar-refractivity contribution is -0.149. The second kappa shape index (κ2) is 6.55. The normalized spacial score (nSPS) is 12.1.